The van der Waals surface area contributed by atoms with Crippen molar-refractivity contribution < 1.29 is 9.47 Å². The molecule has 1 atom stereocenters. The number of aromatic nitrogens is 2. The Morgan fingerprint density at radius 2 is 1.77 bits per heavy atom. The molecule has 0 bridgehead atoms. The minimum absolute atomic E-state index is 0.236. The molecule has 0 unspecified atom stereocenters. The standard InChI is InChI=1S/C25H32N4O2/c1-2-4-24(31-22-14-30-15-22)23(3-1)19-6-9-28(10-7-19)20-5-8-25(11-20)16-29(17-25)21-12-26-18-27-13-21/h1-4,12-13,18-20,22H,5-11,14-17H2/t20-/m1/s1. The molecule has 164 valence electrons. The molecule has 6 rings (SSSR count). The average Bonchev–Trinajstić information content (AvgIpc) is 3.22. The summed E-state index contributed by atoms with van der Waals surface area (Å²) in [6.07, 6.45) is 12.3. The highest BCUT2D eigenvalue weighted by molar-refractivity contribution is 5.46. The smallest absolute Gasteiger partial charge is 0.145 e. The van der Waals surface area contributed by atoms with Crippen LogP contribution in [0.15, 0.2) is 43.0 Å². The number of hydrogen-bond donors (Lipinski definition) is 0. The zero-order valence-electron chi connectivity index (χ0n) is 18.2. The first-order valence-electron chi connectivity index (χ1n) is 11.9. The lowest BCUT2D eigenvalue weighted by molar-refractivity contribution is -0.0801. The van der Waals surface area contributed by atoms with Gasteiger partial charge in [-0.3, -0.25) is 0 Å². The fraction of sp³-hybridized carbons (Fsp3) is 0.600. The van der Waals surface area contributed by atoms with Crippen LogP contribution in [0.25, 0.3) is 0 Å². The van der Waals surface area contributed by atoms with E-state index in [9.17, 15) is 0 Å². The first-order chi connectivity index (χ1) is 15.3. The number of hydrogen-bond acceptors (Lipinski definition) is 6. The Morgan fingerprint density at radius 1 is 1.00 bits per heavy atom. The van der Waals surface area contributed by atoms with Gasteiger partial charge in [-0.25, -0.2) is 9.97 Å². The number of nitrogens with zero attached hydrogens (tertiary/aromatic N) is 4. The number of rotatable bonds is 5. The molecule has 4 heterocycles. The minimum Gasteiger partial charge on any atom is -0.485 e. The summed E-state index contributed by atoms with van der Waals surface area (Å²) in [5.41, 5.74) is 3.09. The van der Waals surface area contributed by atoms with Crippen molar-refractivity contribution in [3.8, 4) is 5.75 Å². The van der Waals surface area contributed by atoms with E-state index in [4.69, 9.17) is 9.47 Å². The van der Waals surface area contributed by atoms with E-state index in [-0.39, 0.29) is 6.10 Å². The molecule has 1 aromatic heterocycles. The average molecular weight is 421 g/mol. The summed E-state index contributed by atoms with van der Waals surface area (Å²) in [6, 6.07) is 9.42. The quantitative estimate of drug-likeness (QED) is 0.738. The molecule has 0 amide bonds. The van der Waals surface area contributed by atoms with E-state index in [2.05, 4.69) is 44.0 Å². The molecule has 1 spiro atoms. The highest BCUT2D eigenvalue weighted by Gasteiger charge is 2.49. The molecule has 2 aromatic rings. The van der Waals surface area contributed by atoms with Gasteiger partial charge in [0.25, 0.3) is 0 Å². The molecule has 1 saturated carbocycles. The lowest BCUT2D eigenvalue weighted by atomic mass is 9.77. The second-order valence-corrected chi connectivity index (χ2v) is 9.97. The highest BCUT2D eigenvalue weighted by atomic mass is 16.6. The Kier molecular flexibility index (Phi) is 5.07. The normalized spacial score (nSPS) is 26.6. The number of piperidine rings is 1. The van der Waals surface area contributed by atoms with E-state index in [1.165, 1.54) is 69.5 Å². The van der Waals surface area contributed by atoms with Gasteiger partial charge in [0.05, 0.1) is 31.3 Å². The van der Waals surface area contributed by atoms with E-state index in [1.54, 1.807) is 6.33 Å². The molecule has 0 N–H and O–H groups in total. The summed E-state index contributed by atoms with van der Waals surface area (Å²) in [5, 5.41) is 0. The SMILES string of the molecule is c1ccc(C2CCN([C@@H]3CCC4(C3)CN(c3cncnc3)C4)CC2)c(OC2COC2)c1. The Labute approximate surface area is 184 Å². The van der Waals surface area contributed by atoms with Crippen LogP contribution >= 0.6 is 0 Å². The van der Waals surface area contributed by atoms with E-state index in [0.29, 0.717) is 11.3 Å². The van der Waals surface area contributed by atoms with Crippen LogP contribution in [0.5, 0.6) is 5.75 Å². The largest absolute Gasteiger partial charge is 0.485 e. The third kappa shape index (κ3) is 3.80. The second-order valence-electron chi connectivity index (χ2n) is 9.97. The predicted molar refractivity (Wildman–Crippen MR) is 120 cm³/mol. The Bertz CT molecular complexity index is 889. The van der Waals surface area contributed by atoms with Crippen molar-refractivity contribution in [1.29, 1.82) is 0 Å². The molecule has 3 saturated heterocycles. The molecule has 4 aliphatic rings. The fourth-order valence-electron chi connectivity index (χ4n) is 6.14. The third-order valence-corrected chi connectivity index (χ3v) is 7.95. The van der Waals surface area contributed by atoms with Crippen LogP contribution in [0.3, 0.4) is 0 Å². The van der Waals surface area contributed by atoms with Crippen LogP contribution in [-0.2, 0) is 4.74 Å². The van der Waals surface area contributed by atoms with Crippen LogP contribution in [0.1, 0.15) is 43.6 Å². The molecule has 1 aromatic carbocycles. The predicted octanol–water partition coefficient (Wildman–Crippen LogP) is 3.49. The molecular formula is C25H32N4O2. The molecule has 6 heteroatoms. The van der Waals surface area contributed by atoms with Gasteiger partial charge in [0.15, 0.2) is 0 Å². The van der Waals surface area contributed by atoms with Crippen molar-refractivity contribution in [2.45, 2.75) is 50.2 Å². The van der Waals surface area contributed by atoms with Gasteiger partial charge < -0.3 is 19.3 Å². The summed E-state index contributed by atoms with van der Waals surface area (Å²) in [6.45, 7) is 6.22. The number of anilines is 1. The number of ether oxygens (including phenoxy) is 2. The zero-order valence-corrected chi connectivity index (χ0v) is 18.2. The Balaban J connectivity index is 1.03. The van der Waals surface area contributed by atoms with Gasteiger partial charge in [-0.2, -0.15) is 0 Å². The van der Waals surface area contributed by atoms with Gasteiger partial charge in [0.2, 0.25) is 0 Å². The van der Waals surface area contributed by atoms with Crippen molar-refractivity contribution in [3.63, 3.8) is 0 Å². The van der Waals surface area contributed by atoms with Crippen LogP contribution in [0, 0.1) is 5.41 Å². The van der Waals surface area contributed by atoms with Gasteiger partial charge in [-0.05, 0) is 62.7 Å². The Hall–Kier alpha value is -2.18. The fourth-order valence-corrected chi connectivity index (χ4v) is 6.14. The van der Waals surface area contributed by atoms with Crippen molar-refractivity contribution in [3.05, 3.63) is 48.5 Å². The zero-order chi connectivity index (χ0) is 20.7. The number of benzene rings is 1. The second kappa shape index (κ2) is 8.06. The molecule has 31 heavy (non-hydrogen) atoms. The molecule has 0 radical (unpaired) electrons. The van der Waals surface area contributed by atoms with Crippen LogP contribution < -0.4 is 9.64 Å². The summed E-state index contributed by atoms with van der Waals surface area (Å²) < 4.78 is 11.5. The lowest BCUT2D eigenvalue weighted by Crippen LogP contribution is -2.56. The maximum atomic E-state index is 6.21. The lowest BCUT2D eigenvalue weighted by Gasteiger charge is -2.50. The topological polar surface area (TPSA) is 50.7 Å². The van der Waals surface area contributed by atoms with Gasteiger partial charge in [0, 0.05) is 24.5 Å². The van der Waals surface area contributed by atoms with Gasteiger partial charge in [-0.15, -0.1) is 0 Å². The van der Waals surface area contributed by atoms with E-state index in [0.717, 1.165) is 25.0 Å². The van der Waals surface area contributed by atoms with Gasteiger partial charge in [0.1, 0.15) is 18.2 Å². The minimum atomic E-state index is 0.236. The molecule has 6 nitrogen and oxygen atoms in total. The van der Waals surface area contributed by atoms with Crippen LogP contribution in [0.2, 0.25) is 0 Å². The van der Waals surface area contributed by atoms with Crippen molar-refractivity contribution in [1.82, 2.24) is 14.9 Å². The monoisotopic (exact) mass is 420 g/mol. The maximum absolute atomic E-state index is 6.21. The highest BCUT2D eigenvalue weighted by Crippen LogP contribution is 2.49. The van der Waals surface area contributed by atoms with Crippen LogP contribution in [-0.4, -0.2) is 66.4 Å². The van der Waals surface area contributed by atoms with Crippen molar-refractivity contribution >= 4 is 5.69 Å². The van der Waals surface area contributed by atoms with E-state index < -0.39 is 0 Å². The summed E-state index contributed by atoms with van der Waals surface area (Å²) in [7, 11) is 0. The molecular weight excluding hydrogens is 388 g/mol. The van der Waals surface area contributed by atoms with Gasteiger partial charge >= 0.3 is 0 Å². The summed E-state index contributed by atoms with van der Waals surface area (Å²) >= 11 is 0. The van der Waals surface area contributed by atoms with Crippen molar-refractivity contribution in [2.75, 3.05) is 44.3 Å². The number of likely N-dealkylation sites (tertiary alicyclic amines) is 1. The van der Waals surface area contributed by atoms with E-state index in [1.807, 2.05) is 12.4 Å². The third-order valence-electron chi connectivity index (χ3n) is 7.95. The van der Waals surface area contributed by atoms with Crippen molar-refractivity contribution in [2.24, 2.45) is 5.41 Å². The Morgan fingerprint density at radius 3 is 2.52 bits per heavy atom. The molecule has 1 aliphatic carbocycles. The number of para-hydroxylation sites is 1. The summed E-state index contributed by atoms with van der Waals surface area (Å²) in [4.78, 5) is 13.6. The van der Waals surface area contributed by atoms with Crippen LogP contribution in [0.4, 0.5) is 5.69 Å². The van der Waals surface area contributed by atoms with Gasteiger partial charge in [-0.1, -0.05) is 18.2 Å². The van der Waals surface area contributed by atoms with E-state index >= 15 is 0 Å². The molecule has 4 fully saturated rings. The first kappa shape index (κ1) is 19.5. The maximum Gasteiger partial charge on any atom is 0.145 e. The molecule has 3 aliphatic heterocycles. The summed E-state index contributed by atoms with van der Waals surface area (Å²) in [5.74, 6) is 1.69. The first-order valence-corrected chi connectivity index (χ1v) is 11.9.